The van der Waals surface area contributed by atoms with Gasteiger partial charge in [0.2, 0.25) is 5.91 Å². The maximum absolute atomic E-state index is 11.9. The smallest absolute Gasteiger partial charge is 0.236 e. The molecule has 0 bridgehead atoms. The lowest BCUT2D eigenvalue weighted by molar-refractivity contribution is -0.132. The Morgan fingerprint density at radius 1 is 1.38 bits per heavy atom. The van der Waals surface area contributed by atoms with E-state index in [-0.39, 0.29) is 18.6 Å². The fourth-order valence-electron chi connectivity index (χ4n) is 1.42. The maximum Gasteiger partial charge on any atom is 0.236 e. The average Bonchev–Trinajstić information content (AvgIpc) is 2.25. The third kappa shape index (κ3) is 6.08. The van der Waals surface area contributed by atoms with Crippen molar-refractivity contribution in [2.45, 2.75) is 52.6 Å². The van der Waals surface area contributed by atoms with Gasteiger partial charge < -0.3 is 15.3 Å². The van der Waals surface area contributed by atoms with E-state index in [1.165, 1.54) is 0 Å². The van der Waals surface area contributed by atoms with Crippen LogP contribution in [0.1, 0.15) is 40.5 Å². The highest BCUT2D eigenvalue weighted by molar-refractivity contribution is 5.78. The molecule has 0 aliphatic heterocycles. The lowest BCUT2D eigenvalue weighted by Gasteiger charge is -2.27. The number of amides is 1. The zero-order chi connectivity index (χ0) is 12.6. The molecule has 2 N–H and O–H groups in total. The Morgan fingerprint density at radius 2 is 2.00 bits per heavy atom. The van der Waals surface area contributed by atoms with Gasteiger partial charge in [-0.25, -0.2) is 0 Å². The molecule has 0 rings (SSSR count). The van der Waals surface area contributed by atoms with E-state index >= 15 is 0 Å². The highest BCUT2D eigenvalue weighted by Gasteiger charge is 2.16. The molecule has 0 aliphatic carbocycles. The van der Waals surface area contributed by atoms with Gasteiger partial charge in [0.1, 0.15) is 0 Å². The molecule has 0 radical (unpaired) electrons. The van der Waals surface area contributed by atoms with Crippen molar-refractivity contribution in [2.75, 3.05) is 19.7 Å². The summed E-state index contributed by atoms with van der Waals surface area (Å²) in [6.45, 7) is 9.31. The van der Waals surface area contributed by atoms with Gasteiger partial charge in [-0.3, -0.25) is 4.79 Å². The second kappa shape index (κ2) is 8.53. The molecular weight excluding hydrogens is 204 g/mol. The van der Waals surface area contributed by atoms with Gasteiger partial charge in [-0.2, -0.15) is 0 Å². The summed E-state index contributed by atoms with van der Waals surface area (Å²) in [5.41, 5.74) is 0. The predicted octanol–water partition coefficient (Wildman–Crippen LogP) is 0.994. The van der Waals surface area contributed by atoms with Crippen molar-refractivity contribution < 1.29 is 9.90 Å². The van der Waals surface area contributed by atoms with Crippen molar-refractivity contribution >= 4 is 5.91 Å². The van der Waals surface area contributed by atoms with Gasteiger partial charge in [-0.05, 0) is 33.6 Å². The van der Waals surface area contributed by atoms with Crippen LogP contribution in [0.5, 0.6) is 0 Å². The molecule has 1 amide bonds. The van der Waals surface area contributed by atoms with Crippen LogP contribution in [0.2, 0.25) is 0 Å². The number of carbonyl (C=O) groups is 1. The highest BCUT2D eigenvalue weighted by atomic mass is 16.3. The van der Waals surface area contributed by atoms with Crippen molar-refractivity contribution in [3.05, 3.63) is 0 Å². The number of nitrogens with one attached hydrogen (secondary N) is 1. The third-order valence-electron chi connectivity index (χ3n) is 2.71. The van der Waals surface area contributed by atoms with Crippen molar-refractivity contribution in [2.24, 2.45) is 0 Å². The van der Waals surface area contributed by atoms with Crippen molar-refractivity contribution in [3.8, 4) is 0 Å². The molecule has 0 aromatic rings. The van der Waals surface area contributed by atoms with Crippen molar-refractivity contribution in [1.29, 1.82) is 0 Å². The van der Waals surface area contributed by atoms with E-state index < -0.39 is 0 Å². The first kappa shape index (κ1) is 15.4. The quantitative estimate of drug-likeness (QED) is 0.654. The predicted molar refractivity (Wildman–Crippen MR) is 66.3 cm³/mol. The van der Waals surface area contributed by atoms with Crippen LogP contribution in [0.4, 0.5) is 0 Å². The van der Waals surface area contributed by atoms with E-state index in [9.17, 15) is 4.79 Å². The van der Waals surface area contributed by atoms with Crippen LogP contribution in [0.3, 0.4) is 0 Å². The molecular formula is C12H26N2O2. The van der Waals surface area contributed by atoms with Crippen LogP contribution >= 0.6 is 0 Å². The van der Waals surface area contributed by atoms with Crippen LogP contribution in [0, 0.1) is 0 Å². The summed E-state index contributed by atoms with van der Waals surface area (Å²) >= 11 is 0. The molecule has 0 heterocycles. The number of aliphatic hydroxyl groups is 1. The van der Waals surface area contributed by atoms with Gasteiger partial charge in [0.25, 0.3) is 0 Å². The first-order valence-electron chi connectivity index (χ1n) is 6.16. The average molecular weight is 230 g/mol. The van der Waals surface area contributed by atoms with Crippen LogP contribution < -0.4 is 5.32 Å². The summed E-state index contributed by atoms with van der Waals surface area (Å²) in [6.07, 6.45) is 1.67. The molecule has 0 saturated heterocycles. The molecule has 0 aromatic carbocycles. The number of rotatable bonds is 8. The minimum atomic E-state index is 0.115. The second-order valence-corrected chi connectivity index (χ2v) is 4.45. The molecule has 4 heteroatoms. The topological polar surface area (TPSA) is 52.6 Å². The zero-order valence-corrected chi connectivity index (χ0v) is 11.0. The largest absolute Gasteiger partial charge is 0.396 e. The fraction of sp³-hybridized carbons (Fsp3) is 0.917. The standard InChI is InChI=1S/C12H26N2O2/c1-5-11(4)13-9-12(16)14(10(2)3)7-6-8-15/h10-11,13,15H,5-9H2,1-4H3. The van der Waals surface area contributed by atoms with Crippen LogP contribution in [-0.2, 0) is 4.79 Å². The van der Waals surface area contributed by atoms with Gasteiger partial charge in [-0.15, -0.1) is 0 Å². The molecule has 0 aromatic heterocycles. The Morgan fingerprint density at radius 3 is 2.44 bits per heavy atom. The number of hydrogen-bond donors (Lipinski definition) is 2. The summed E-state index contributed by atoms with van der Waals surface area (Å²) in [6, 6.07) is 0.564. The normalized spacial score (nSPS) is 12.9. The maximum atomic E-state index is 11.9. The Bertz CT molecular complexity index is 195. The van der Waals surface area contributed by atoms with Gasteiger partial charge in [-0.1, -0.05) is 6.92 Å². The highest BCUT2D eigenvalue weighted by Crippen LogP contribution is 2.00. The minimum absolute atomic E-state index is 0.115. The van der Waals surface area contributed by atoms with Gasteiger partial charge in [0, 0.05) is 25.2 Å². The SMILES string of the molecule is CCC(C)NCC(=O)N(CCCO)C(C)C. The summed E-state index contributed by atoms with van der Waals surface area (Å²) < 4.78 is 0. The summed E-state index contributed by atoms with van der Waals surface area (Å²) in [4.78, 5) is 13.7. The van der Waals surface area contributed by atoms with Crippen LogP contribution in [0.25, 0.3) is 0 Å². The number of hydrogen-bond acceptors (Lipinski definition) is 3. The first-order chi connectivity index (χ1) is 7.52. The fourth-order valence-corrected chi connectivity index (χ4v) is 1.42. The summed E-state index contributed by atoms with van der Waals surface area (Å²) in [5, 5.41) is 12.0. The van der Waals surface area contributed by atoms with E-state index in [1.54, 1.807) is 0 Å². The van der Waals surface area contributed by atoms with E-state index in [0.29, 0.717) is 25.6 Å². The lowest BCUT2D eigenvalue weighted by atomic mass is 10.2. The van der Waals surface area contributed by atoms with Crippen molar-refractivity contribution in [3.63, 3.8) is 0 Å². The van der Waals surface area contributed by atoms with E-state index in [2.05, 4.69) is 19.2 Å². The zero-order valence-electron chi connectivity index (χ0n) is 11.0. The molecule has 1 unspecified atom stereocenters. The van der Waals surface area contributed by atoms with Crippen LogP contribution in [0.15, 0.2) is 0 Å². The first-order valence-corrected chi connectivity index (χ1v) is 6.16. The third-order valence-corrected chi connectivity index (χ3v) is 2.71. The Balaban J connectivity index is 4.06. The summed E-state index contributed by atoms with van der Waals surface area (Å²) in [7, 11) is 0. The molecule has 0 spiro atoms. The Kier molecular flexibility index (Phi) is 8.21. The van der Waals surface area contributed by atoms with E-state index in [0.717, 1.165) is 6.42 Å². The second-order valence-electron chi connectivity index (χ2n) is 4.45. The molecule has 4 nitrogen and oxygen atoms in total. The van der Waals surface area contributed by atoms with Gasteiger partial charge in [0.15, 0.2) is 0 Å². The number of carbonyl (C=O) groups excluding carboxylic acids is 1. The molecule has 0 saturated carbocycles. The monoisotopic (exact) mass is 230 g/mol. The molecule has 1 atom stereocenters. The number of aliphatic hydroxyl groups excluding tert-OH is 1. The van der Waals surface area contributed by atoms with Gasteiger partial charge >= 0.3 is 0 Å². The van der Waals surface area contributed by atoms with E-state index in [1.807, 2.05) is 18.7 Å². The van der Waals surface area contributed by atoms with Gasteiger partial charge in [0.05, 0.1) is 6.54 Å². The molecule has 0 aliphatic rings. The summed E-state index contributed by atoms with van der Waals surface area (Å²) in [5.74, 6) is 0.115. The molecule has 16 heavy (non-hydrogen) atoms. The molecule has 0 fully saturated rings. The van der Waals surface area contributed by atoms with E-state index in [4.69, 9.17) is 5.11 Å². The Labute approximate surface area is 99.0 Å². The van der Waals surface area contributed by atoms with Crippen LogP contribution in [-0.4, -0.2) is 47.7 Å². The Hall–Kier alpha value is -0.610. The van der Waals surface area contributed by atoms with Crippen molar-refractivity contribution in [1.82, 2.24) is 10.2 Å². The lowest BCUT2D eigenvalue weighted by Crippen LogP contribution is -2.44. The molecule has 96 valence electrons. The minimum Gasteiger partial charge on any atom is -0.396 e. The number of nitrogens with zero attached hydrogens (tertiary/aromatic N) is 1.